The molecule has 2 fully saturated rings. The van der Waals surface area contributed by atoms with Crippen LogP contribution in [0.5, 0.6) is 5.75 Å². The third-order valence-corrected chi connectivity index (χ3v) is 7.54. The number of rotatable bonds is 6. The van der Waals surface area contributed by atoms with Gasteiger partial charge in [0.2, 0.25) is 0 Å². The fourth-order valence-corrected chi connectivity index (χ4v) is 5.66. The van der Waals surface area contributed by atoms with Crippen molar-refractivity contribution in [2.24, 2.45) is 0 Å². The normalized spacial score (nSPS) is 20.7. The van der Waals surface area contributed by atoms with E-state index in [1.807, 2.05) is 18.2 Å². The van der Waals surface area contributed by atoms with E-state index >= 15 is 0 Å². The van der Waals surface area contributed by atoms with Gasteiger partial charge in [-0.15, -0.1) is 0 Å². The summed E-state index contributed by atoms with van der Waals surface area (Å²) in [4.78, 5) is 30.6. The van der Waals surface area contributed by atoms with Crippen LogP contribution >= 0.6 is 15.9 Å². The van der Waals surface area contributed by atoms with Crippen LogP contribution in [-0.4, -0.2) is 52.8 Å². The van der Waals surface area contributed by atoms with Crippen molar-refractivity contribution in [3.8, 4) is 5.75 Å². The van der Waals surface area contributed by atoms with Crippen LogP contribution in [-0.2, 0) is 16.1 Å². The van der Waals surface area contributed by atoms with E-state index < -0.39 is 17.7 Å². The summed E-state index contributed by atoms with van der Waals surface area (Å²) in [5.41, 5.74) is 1.70. The molecular weight excluding hydrogens is 524 g/mol. The number of furan rings is 1. The number of aliphatic hydroxyl groups is 1. The molecule has 1 aromatic heterocycles. The van der Waals surface area contributed by atoms with Gasteiger partial charge in [-0.25, -0.2) is 0 Å². The summed E-state index contributed by atoms with van der Waals surface area (Å²) < 4.78 is 11.6. The Kier molecular flexibility index (Phi) is 6.98. The number of likely N-dealkylation sites (tertiary alicyclic amines) is 2. The lowest BCUT2D eigenvalue weighted by molar-refractivity contribution is -0.142. The van der Waals surface area contributed by atoms with Crippen LogP contribution in [0.2, 0.25) is 0 Å². The maximum atomic E-state index is 13.3. The van der Waals surface area contributed by atoms with Crippen molar-refractivity contribution in [3.05, 3.63) is 93.9 Å². The van der Waals surface area contributed by atoms with Crippen molar-refractivity contribution in [1.29, 1.82) is 0 Å². The van der Waals surface area contributed by atoms with Gasteiger partial charge in [-0.05, 0) is 64.7 Å². The summed E-state index contributed by atoms with van der Waals surface area (Å²) in [7, 11) is 1.55. The van der Waals surface area contributed by atoms with Crippen molar-refractivity contribution < 1.29 is 23.8 Å². The lowest BCUT2D eigenvalue weighted by Crippen LogP contribution is -2.46. The molecule has 186 valence electrons. The molecule has 36 heavy (non-hydrogen) atoms. The van der Waals surface area contributed by atoms with Gasteiger partial charge in [0.15, 0.2) is 0 Å². The first-order chi connectivity index (χ1) is 17.5. The molecule has 0 spiro atoms. The van der Waals surface area contributed by atoms with Gasteiger partial charge in [-0.2, -0.15) is 0 Å². The minimum Gasteiger partial charge on any atom is -0.507 e. The summed E-state index contributed by atoms with van der Waals surface area (Å²) in [5.74, 6) is -0.492. The smallest absolute Gasteiger partial charge is 0.296 e. The number of amides is 1. The number of ketones is 1. The fraction of sp³-hybridized carbons (Fsp3) is 0.286. The van der Waals surface area contributed by atoms with E-state index in [1.54, 1.807) is 42.3 Å². The summed E-state index contributed by atoms with van der Waals surface area (Å²) in [6.45, 7) is 2.46. The zero-order chi connectivity index (χ0) is 25.2. The lowest BCUT2D eigenvalue weighted by Gasteiger charge is -2.38. The van der Waals surface area contributed by atoms with E-state index in [1.165, 1.54) is 11.8 Å². The molecule has 0 saturated carbocycles. The number of carbonyl (C=O) groups excluding carboxylic acids is 2. The Hall–Kier alpha value is -3.36. The minimum atomic E-state index is -0.786. The van der Waals surface area contributed by atoms with Crippen LogP contribution in [0.25, 0.3) is 5.76 Å². The second-order valence-electron chi connectivity index (χ2n) is 9.06. The number of methoxy groups -OCH3 is 1. The highest BCUT2D eigenvalue weighted by Crippen LogP contribution is 2.43. The predicted molar refractivity (Wildman–Crippen MR) is 138 cm³/mol. The number of hydrogen-bond acceptors (Lipinski definition) is 6. The Labute approximate surface area is 218 Å². The van der Waals surface area contributed by atoms with Crippen molar-refractivity contribution in [2.45, 2.75) is 31.5 Å². The lowest BCUT2D eigenvalue weighted by atomic mass is 9.97. The molecule has 7 nitrogen and oxygen atoms in total. The largest absolute Gasteiger partial charge is 0.507 e. The van der Waals surface area contributed by atoms with Crippen LogP contribution in [0.15, 0.2) is 81.4 Å². The Bertz CT molecular complexity index is 1280. The molecule has 3 aromatic rings. The number of Topliss-reactive ketones (excluding diaryl/α,β-unsaturated/α-hetero) is 1. The number of hydrogen-bond donors (Lipinski definition) is 1. The average molecular weight is 551 g/mol. The number of ether oxygens (including phenoxy) is 1. The number of halogens is 1. The summed E-state index contributed by atoms with van der Waals surface area (Å²) in [6, 6.07) is 17.9. The highest BCUT2D eigenvalue weighted by molar-refractivity contribution is 9.10. The molecule has 0 aliphatic carbocycles. The third kappa shape index (κ3) is 4.58. The Morgan fingerprint density at radius 2 is 1.83 bits per heavy atom. The second kappa shape index (κ2) is 10.3. The van der Waals surface area contributed by atoms with Gasteiger partial charge in [0.1, 0.15) is 23.3 Å². The Balaban J connectivity index is 1.44. The summed E-state index contributed by atoms with van der Waals surface area (Å²) in [5, 5.41) is 11.3. The minimum absolute atomic E-state index is 0.0405. The molecule has 8 heteroatoms. The van der Waals surface area contributed by atoms with Gasteiger partial charge in [-0.1, -0.05) is 30.3 Å². The average Bonchev–Trinajstić information content (AvgIpc) is 3.52. The van der Waals surface area contributed by atoms with Crippen LogP contribution < -0.4 is 4.74 Å². The third-order valence-electron chi connectivity index (χ3n) is 6.92. The van der Waals surface area contributed by atoms with E-state index in [-0.39, 0.29) is 17.4 Å². The Morgan fingerprint density at radius 1 is 1.08 bits per heavy atom. The zero-order valence-electron chi connectivity index (χ0n) is 19.9. The fourth-order valence-electron chi connectivity index (χ4n) is 5.12. The standard InChI is InChI=1S/C28H27BrN2O5/c1-35-22-10-9-19(16-21(22)29)26(32)24-25(23-8-5-15-36-23)31(28(34)27(24)33)20-11-13-30(14-12-20)17-18-6-3-2-4-7-18/h2-10,15-16,20,25,32H,11-14,17H2,1H3/b26-24-. The number of benzene rings is 2. The molecule has 1 N–H and O–H groups in total. The molecule has 0 radical (unpaired) electrons. The predicted octanol–water partition coefficient (Wildman–Crippen LogP) is 5.14. The van der Waals surface area contributed by atoms with Crippen LogP contribution in [0.1, 0.15) is 35.8 Å². The van der Waals surface area contributed by atoms with E-state index in [2.05, 4.69) is 33.0 Å². The van der Waals surface area contributed by atoms with Gasteiger partial charge in [0.25, 0.3) is 11.7 Å². The molecule has 1 unspecified atom stereocenters. The van der Waals surface area contributed by atoms with E-state index in [9.17, 15) is 14.7 Å². The van der Waals surface area contributed by atoms with Gasteiger partial charge in [0, 0.05) is 31.2 Å². The molecular formula is C28H27BrN2O5. The molecule has 2 saturated heterocycles. The maximum Gasteiger partial charge on any atom is 0.296 e. The number of carbonyl (C=O) groups is 2. The molecule has 0 bridgehead atoms. The quantitative estimate of drug-likeness (QED) is 0.260. The SMILES string of the molecule is COc1ccc(/C(O)=C2/C(=O)C(=O)N(C3CCN(Cc4ccccc4)CC3)C2c2ccco2)cc1Br. The highest BCUT2D eigenvalue weighted by Gasteiger charge is 2.50. The van der Waals surface area contributed by atoms with Gasteiger partial charge in [0.05, 0.1) is 23.4 Å². The monoisotopic (exact) mass is 550 g/mol. The first-order valence-corrected chi connectivity index (χ1v) is 12.7. The van der Waals surface area contributed by atoms with E-state index in [0.717, 1.165) is 32.5 Å². The van der Waals surface area contributed by atoms with Crippen molar-refractivity contribution in [1.82, 2.24) is 9.80 Å². The Morgan fingerprint density at radius 3 is 2.47 bits per heavy atom. The maximum absolute atomic E-state index is 13.3. The number of nitrogens with zero attached hydrogens (tertiary/aromatic N) is 2. The van der Waals surface area contributed by atoms with Crippen LogP contribution in [0.3, 0.4) is 0 Å². The van der Waals surface area contributed by atoms with Crippen molar-refractivity contribution in [3.63, 3.8) is 0 Å². The molecule has 3 heterocycles. The van der Waals surface area contributed by atoms with E-state index in [4.69, 9.17) is 9.15 Å². The molecule has 5 rings (SSSR count). The summed E-state index contributed by atoms with van der Waals surface area (Å²) >= 11 is 3.42. The van der Waals surface area contributed by atoms with Crippen LogP contribution in [0, 0.1) is 0 Å². The second-order valence-corrected chi connectivity index (χ2v) is 9.92. The topological polar surface area (TPSA) is 83.2 Å². The first-order valence-electron chi connectivity index (χ1n) is 11.9. The van der Waals surface area contributed by atoms with Gasteiger partial charge >= 0.3 is 0 Å². The highest BCUT2D eigenvalue weighted by atomic mass is 79.9. The first kappa shape index (κ1) is 24.3. The molecule has 1 amide bonds. The van der Waals surface area contributed by atoms with E-state index in [0.29, 0.717) is 21.5 Å². The van der Waals surface area contributed by atoms with Crippen molar-refractivity contribution in [2.75, 3.05) is 20.2 Å². The summed E-state index contributed by atoms with van der Waals surface area (Å²) in [6.07, 6.45) is 2.97. The molecule has 2 aliphatic heterocycles. The molecule has 2 aliphatic rings. The molecule has 2 aromatic carbocycles. The zero-order valence-corrected chi connectivity index (χ0v) is 21.5. The van der Waals surface area contributed by atoms with Gasteiger partial charge in [-0.3, -0.25) is 14.5 Å². The molecule has 1 atom stereocenters. The number of aliphatic hydroxyl groups excluding tert-OH is 1. The van der Waals surface area contributed by atoms with Crippen LogP contribution in [0.4, 0.5) is 0 Å². The van der Waals surface area contributed by atoms with Gasteiger partial charge < -0.3 is 19.2 Å². The number of piperidine rings is 1. The van der Waals surface area contributed by atoms with Crippen molar-refractivity contribution >= 4 is 33.4 Å².